The van der Waals surface area contributed by atoms with Crippen molar-refractivity contribution in [3.63, 3.8) is 0 Å². The first kappa shape index (κ1) is 28.7. The van der Waals surface area contributed by atoms with Crippen molar-refractivity contribution in [3.05, 3.63) is 63.6 Å². The molecule has 2 aromatic carbocycles. The molecule has 0 aromatic heterocycles. The van der Waals surface area contributed by atoms with Crippen LogP contribution in [0.2, 0.25) is 10.0 Å². The van der Waals surface area contributed by atoms with Crippen LogP contribution in [0.1, 0.15) is 43.1 Å². The summed E-state index contributed by atoms with van der Waals surface area (Å²) >= 11 is 13.0. The molecule has 1 saturated heterocycles. The number of nitrogens with one attached hydrogen (secondary N) is 3. The summed E-state index contributed by atoms with van der Waals surface area (Å²) in [6, 6.07) is 10.7. The van der Waals surface area contributed by atoms with E-state index in [9.17, 15) is 18.0 Å². The Hall–Kier alpha value is -1.82. The first-order valence-electron chi connectivity index (χ1n) is 11.3. The summed E-state index contributed by atoms with van der Waals surface area (Å²) in [5, 5.41) is 6.43. The Bertz CT molecular complexity index is 1220. The number of sulfonamides is 1. The molecule has 36 heavy (non-hydrogen) atoms. The van der Waals surface area contributed by atoms with Crippen LogP contribution in [-0.4, -0.2) is 49.6 Å². The van der Waals surface area contributed by atoms with E-state index in [-0.39, 0.29) is 40.1 Å². The Balaban J connectivity index is 1.53. The number of benzene rings is 2. The topological polar surface area (TPSA) is 114 Å². The maximum absolute atomic E-state index is 12.9. The number of ether oxygens (including phenoxy) is 1. The quantitative estimate of drug-likeness (QED) is 0.395. The summed E-state index contributed by atoms with van der Waals surface area (Å²) < 4.78 is 33.6. The molecule has 1 amide bonds. The molecule has 0 aliphatic carbocycles. The lowest BCUT2D eigenvalue weighted by Gasteiger charge is -2.20. The normalized spacial score (nSPS) is 18.1. The zero-order chi connectivity index (χ0) is 26.5. The van der Waals surface area contributed by atoms with Gasteiger partial charge in [-0.25, -0.2) is 17.9 Å². The number of hydrogen-bond donors (Lipinski definition) is 3. The molecule has 1 aliphatic heterocycles. The second-order valence-electron chi connectivity index (χ2n) is 9.36. The van der Waals surface area contributed by atoms with Gasteiger partial charge < -0.3 is 15.4 Å². The van der Waals surface area contributed by atoms with E-state index in [2.05, 4.69) is 15.4 Å². The monoisotopic (exact) mass is 573 g/mol. The first-order chi connectivity index (χ1) is 16.8. The maximum atomic E-state index is 12.9. The molecule has 196 valence electrons. The van der Waals surface area contributed by atoms with Gasteiger partial charge in [-0.2, -0.15) is 0 Å². The largest absolute Gasteiger partial charge is 0.452 e. The van der Waals surface area contributed by atoms with Gasteiger partial charge in [-0.3, -0.25) is 4.79 Å². The molecular weight excluding hydrogens is 545 g/mol. The van der Waals surface area contributed by atoms with Crippen molar-refractivity contribution in [1.82, 2.24) is 15.4 Å². The molecule has 2 atom stereocenters. The lowest BCUT2D eigenvalue weighted by molar-refractivity contribution is 0.0736. The van der Waals surface area contributed by atoms with Crippen molar-refractivity contribution in [2.75, 3.05) is 13.1 Å². The van der Waals surface area contributed by atoms with Crippen LogP contribution < -0.4 is 15.4 Å². The Morgan fingerprint density at radius 2 is 1.89 bits per heavy atom. The highest BCUT2D eigenvalue weighted by atomic mass is 35.5. The number of carbonyl (C=O) groups excluding carboxylic acids is 2. The first-order valence-corrected chi connectivity index (χ1v) is 14.4. The highest BCUT2D eigenvalue weighted by molar-refractivity contribution is 8.13. The third kappa shape index (κ3) is 8.64. The fourth-order valence-electron chi connectivity index (χ4n) is 3.47. The number of halogens is 2. The molecule has 3 rings (SSSR count). The van der Waals surface area contributed by atoms with Crippen molar-refractivity contribution in [2.45, 2.75) is 55.5 Å². The summed E-state index contributed by atoms with van der Waals surface area (Å²) in [5.41, 5.74) is 0.418. The second kappa shape index (κ2) is 12.1. The molecule has 1 aliphatic rings. The zero-order valence-corrected chi connectivity index (χ0v) is 23.3. The third-order valence-corrected chi connectivity index (χ3v) is 8.33. The second-order valence-corrected chi connectivity index (χ2v) is 13.2. The van der Waals surface area contributed by atoms with Crippen LogP contribution in [0.5, 0.6) is 0 Å². The van der Waals surface area contributed by atoms with Crippen molar-refractivity contribution in [1.29, 1.82) is 0 Å². The minimum atomic E-state index is -3.85. The number of carbonyl (C=O) groups is 2. The maximum Gasteiger partial charge on any atom is 0.368 e. The van der Waals surface area contributed by atoms with Gasteiger partial charge in [0.25, 0.3) is 5.91 Å². The minimum Gasteiger partial charge on any atom is -0.452 e. The van der Waals surface area contributed by atoms with Crippen LogP contribution in [0, 0.1) is 0 Å². The van der Waals surface area contributed by atoms with Crippen molar-refractivity contribution in [2.24, 2.45) is 0 Å². The van der Waals surface area contributed by atoms with Gasteiger partial charge in [-0.05, 0) is 74.8 Å². The fourth-order valence-corrected chi connectivity index (χ4v) is 6.00. The molecule has 0 spiro atoms. The summed E-state index contributed by atoms with van der Waals surface area (Å²) in [4.78, 5) is 24.6. The Morgan fingerprint density at radius 3 is 2.58 bits per heavy atom. The molecule has 0 unspecified atom stereocenters. The number of hydrogen-bond acceptors (Lipinski definition) is 7. The smallest absolute Gasteiger partial charge is 0.368 e. The van der Waals surface area contributed by atoms with Crippen LogP contribution in [-0.2, 0) is 21.3 Å². The van der Waals surface area contributed by atoms with Gasteiger partial charge in [0.15, 0.2) is 0 Å². The van der Waals surface area contributed by atoms with Crippen LogP contribution >= 0.6 is 35.0 Å². The molecular formula is C24H29Cl2N3O5S2. The zero-order valence-electron chi connectivity index (χ0n) is 20.1. The average Bonchev–Trinajstić information content (AvgIpc) is 3.24. The Kier molecular flexibility index (Phi) is 9.70. The molecule has 12 heteroatoms. The molecule has 8 nitrogen and oxygen atoms in total. The molecule has 2 aromatic rings. The third-order valence-electron chi connectivity index (χ3n) is 5.20. The van der Waals surface area contributed by atoms with Gasteiger partial charge in [-0.1, -0.05) is 35.3 Å². The predicted octanol–water partition coefficient (Wildman–Crippen LogP) is 4.60. The molecule has 3 N–H and O–H groups in total. The van der Waals surface area contributed by atoms with Crippen molar-refractivity contribution in [3.8, 4) is 0 Å². The van der Waals surface area contributed by atoms with Gasteiger partial charge >= 0.3 is 5.30 Å². The summed E-state index contributed by atoms with van der Waals surface area (Å²) in [5.74, 6) is -0.419. The van der Waals surface area contributed by atoms with Gasteiger partial charge in [0.05, 0.1) is 14.9 Å². The summed E-state index contributed by atoms with van der Waals surface area (Å²) in [6.45, 7) is 6.37. The van der Waals surface area contributed by atoms with Crippen LogP contribution in [0.4, 0.5) is 4.79 Å². The van der Waals surface area contributed by atoms with E-state index in [1.54, 1.807) is 24.3 Å². The Morgan fingerprint density at radius 1 is 1.14 bits per heavy atom. The van der Waals surface area contributed by atoms with Crippen molar-refractivity contribution >= 4 is 56.2 Å². The van der Waals surface area contributed by atoms with Gasteiger partial charge in [0.2, 0.25) is 10.0 Å². The lowest BCUT2D eigenvalue weighted by Crippen LogP contribution is -2.37. The molecule has 0 radical (unpaired) electrons. The molecule has 1 heterocycles. The van der Waals surface area contributed by atoms with Gasteiger partial charge in [-0.15, -0.1) is 0 Å². The van der Waals surface area contributed by atoms with Crippen LogP contribution in [0.15, 0.2) is 47.4 Å². The van der Waals surface area contributed by atoms with Gasteiger partial charge in [0.1, 0.15) is 5.60 Å². The fraction of sp³-hybridized carbons (Fsp3) is 0.417. The Labute approximate surface area is 225 Å². The summed E-state index contributed by atoms with van der Waals surface area (Å²) in [6.07, 6.45) is 0.615. The lowest BCUT2D eigenvalue weighted by atomic mass is 10.2. The standard InChI is InChI=1S/C24H29Cl2N3O5S2/c1-24(2,3)34-23(31)35-18-11-17(27-14-18)13-29-36(32,33)19-6-4-5-16(10-19)22(30)28-12-15-7-8-20(25)21(26)9-15/h4-10,17-18,27,29H,11-14H2,1-3H3,(H,28,30)/t17-,18-/m0/s1. The number of thioether (sulfide) groups is 1. The SMILES string of the molecule is CC(C)(C)OC(=O)S[C@@H]1CN[C@H](CNS(=O)(=O)c2cccc(C(=O)NCc3ccc(Cl)c(Cl)c3)c2)C1. The van der Waals surface area contributed by atoms with Crippen LogP contribution in [0.3, 0.4) is 0 Å². The average molecular weight is 575 g/mol. The van der Waals surface area contributed by atoms with E-state index in [1.165, 1.54) is 18.2 Å². The van der Waals surface area contributed by atoms with E-state index in [0.29, 0.717) is 23.0 Å². The molecule has 0 saturated carbocycles. The molecule has 0 bridgehead atoms. The number of rotatable bonds is 8. The predicted molar refractivity (Wildman–Crippen MR) is 143 cm³/mol. The van der Waals surface area contributed by atoms with E-state index in [0.717, 1.165) is 17.3 Å². The molecule has 1 fully saturated rings. The highest BCUT2D eigenvalue weighted by Gasteiger charge is 2.29. The van der Waals surface area contributed by atoms with E-state index >= 15 is 0 Å². The number of amides is 1. The summed E-state index contributed by atoms with van der Waals surface area (Å²) in [7, 11) is -3.85. The highest BCUT2D eigenvalue weighted by Crippen LogP contribution is 2.25. The van der Waals surface area contributed by atoms with Gasteiger partial charge in [0, 0.05) is 36.5 Å². The van der Waals surface area contributed by atoms with E-state index < -0.39 is 21.5 Å². The minimum absolute atomic E-state index is 0.00287. The van der Waals surface area contributed by atoms with Crippen LogP contribution in [0.25, 0.3) is 0 Å². The van der Waals surface area contributed by atoms with E-state index in [1.807, 2.05) is 20.8 Å². The van der Waals surface area contributed by atoms with Crippen molar-refractivity contribution < 1.29 is 22.7 Å². The van der Waals surface area contributed by atoms with E-state index in [4.69, 9.17) is 27.9 Å².